The lowest BCUT2D eigenvalue weighted by molar-refractivity contribution is 0.0996. The Hall–Kier alpha value is -4.13. The van der Waals surface area contributed by atoms with Gasteiger partial charge in [-0.2, -0.15) is 4.98 Å². The number of aromatic nitrogens is 3. The molecule has 0 saturated carbocycles. The Bertz CT molecular complexity index is 1210. The summed E-state index contributed by atoms with van der Waals surface area (Å²) >= 11 is 0. The van der Waals surface area contributed by atoms with Crippen molar-refractivity contribution in [3.05, 3.63) is 102 Å². The van der Waals surface area contributed by atoms with E-state index in [2.05, 4.69) is 58.0 Å². The molecule has 0 aliphatic carbocycles. The van der Waals surface area contributed by atoms with Gasteiger partial charge < -0.3 is 9.73 Å². The Morgan fingerprint density at radius 3 is 2.60 bits per heavy atom. The zero-order chi connectivity index (χ0) is 20.5. The molecule has 7 heteroatoms. The second-order valence-electron chi connectivity index (χ2n) is 7.06. The standard InChI is InChI=1S/C23H19N5O2/c1-15-9-11-17(12-10-15)19-14-18(16-6-3-2-4-7-16)24-23-26-22(27-28(19)23)25-21(29)20-8-5-13-30-20/h2-14,19H,1H3,(H2,24,25,26,27,29)/t19-/m0/s1. The van der Waals surface area contributed by atoms with E-state index in [1.54, 1.807) is 16.8 Å². The number of nitrogens with one attached hydrogen (secondary N) is 2. The molecule has 4 aromatic rings. The molecule has 148 valence electrons. The molecule has 2 aromatic carbocycles. The third-order valence-corrected chi connectivity index (χ3v) is 4.94. The number of rotatable bonds is 4. The van der Waals surface area contributed by atoms with Crippen molar-refractivity contribution in [2.75, 3.05) is 10.6 Å². The highest BCUT2D eigenvalue weighted by Crippen LogP contribution is 2.33. The Morgan fingerprint density at radius 1 is 1.07 bits per heavy atom. The van der Waals surface area contributed by atoms with Crippen LogP contribution in [-0.2, 0) is 0 Å². The number of furan rings is 1. The number of fused-ring (bicyclic) bond motifs is 1. The van der Waals surface area contributed by atoms with Crippen LogP contribution in [-0.4, -0.2) is 20.7 Å². The molecule has 30 heavy (non-hydrogen) atoms. The van der Waals surface area contributed by atoms with Crippen LogP contribution in [0.1, 0.15) is 33.3 Å². The molecule has 0 saturated heterocycles. The van der Waals surface area contributed by atoms with Gasteiger partial charge in [-0.3, -0.25) is 10.1 Å². The monoisotopic (exact) mass is 397 g/mol. The molecule has 5 rings (SSSR count). The Morgan fingerprint density at radius 2 is 1.87 bits per heavy atom. The lowest BCUT2D eigenvalue weighted by atomic mass is 10.0. The maximum atomic E-state index is 12.3. The molecule has 2 N–H and O–H groups in total. The number of carbonyl (C=O) groups excluding carboxylic acids is 1. The second-order valence-corrected chi connectivity index (χ2v) is 7.06. The molecule has 1 amide bonds. The SMILES string of the molecule is Cc1ccc([C@@H]2C=C(c3ccccc3)Nc3nc(NC(=O)c4ccco4)nn32)cc1. The summed E-state index contributed by atoms with van der Waals surface area (Å²) in [5, 5.41) is 10.6. The van der Waals surface area contributed by atoms with Crippen LogP contribution in [0.4, 0.5) is 11.9 Å². The topological polar surface area (TPSA) is 85.0 Å². The third-order valence-electron chi connectivity index (χ3n) is 4.94. The van der Waals surface area contributed by atoms with Crippen molar-refractivity contribution in [3.63, 3.8) is 0 Å². The summed E-state index contributed by atoms with van der Waals surface area (Å²) < 4.78 is 6.92. The van der Waals surface area contributed by atoms with E-state index in [9.17, 15) is 4.79 Å². The van der Waals surface area contributed by atoms with Crippen molar-refractivity contribution in [1.29, 1.82) is 0 Å². The maximum Gasteiger partial charge on any atom is 0.293 e. The van der Waals surface area contributed by atoms with E-state index in [1.165, 1.54) is 11.8 Å². The number of amides is 1. The fourth-order valence-corrected chi connectivity index (χ4v) is 3.40. The Kier molecular flexibility index (Phi) is 4.40. The van der Waals surface area contributed by atoms with E-state index in [-0.39, 0.29) is 17.8 Å². The first-order valence-corrected chi connectivity index (χ1v) is 9.59. The molecule has 0 radical (unpaired) electrons. The van der Waals surface area contributed by atoms with E-state index in [4.69, 9.17) is 4.42 Å². The van der Waals surface area contributed by atoms with E-state index >= 15 is 0 Å². The van der Waals surface area contributed by atoms with Gasteiger partial charge in [-0.15, -0.1) is 5.10 Å². The van der Waals surface area contributed by atoms with Gasteiger partial charge in [0.15, 0.2) is 5.76 Å². The number of benzene rings is 2. The molecule has 1 aliphatic heterocycles. The summed E-state index contributed by atoms with van der Waals surface area (Å²) in [6, 6.07) is 21.4. The first kappa shape index (κ1) is 17.9. The summed E-state index contributed by atoms with van der Waals surface area (Å²) in [6.07, 6.45) is 3.56. The van der Waals surface area contributed by atoms with Crippen molar-refractivity contribution in [1.82, 2.24) is 14.8 Å². The minimum atomic E-state index is -0.397. The van der Waals surface area contributed by atoms with E-state index in [1.807, 2.05) is 30.3 Å². The first-order valence-electron chi connectivity index (χ1n) is 9.59. The number of carbonyl (C=O) groups is 1. The molecule has 0 fully saturated rings. The zero-order valence-corrected chi connectivity index (χ0v) is 16.2. The van der Waals surface area contributed by atoms with Crippen LogP contribution in [0.25, 0.3) is 5.70 Å². The highest BCUT2D eigenvalue weighted by atomic mass is 16.3. The van der Waals surface area contributed by atoms with Crippen LogP contribution < -0.4 is 10.6 Å². The summed E-state index contributed by atoms with van der Waals surface area (Å²) in [5.41, 5.74) is 4.24. The predicted molar refractivity (Wildman–Crippen MR) is 114 cm³/mol. The third kappa shape index (κ3) is 3.37. The molecule has 1 atom stereocenters. The van der Waals surface area contributed by atoms with Crippen molar-refractivity contribution >= 4 is 23.5 Å². The fraction of sp³-hybridized carbons (Fsp3) is 0.0870. The van der Waals surface area contributed by atoms with Crippen LogP contribution in [0.15, 0.2) is 83.5 Å². The normalized spacial score (nSPS) is 15.1. The molecule has 7 nitrogen and oxygen atoms in total. The van der Waals surface area contributed by atoms with Gasteiger partial charge in [0.2, 0.25) is 5.95 Å². The van der Waals surface area contributed by atoms with Gasteiger partial charge in [0.05, 0.1) is 6.26 Å². The van der Waals surface area contributed by atoms with E-state index < -0.39 is 5.91 Å². The van der Waals surface area contributed by atoms with Gasteiger partial charge in [-0.25, -0.2) is 4.68 Å². The minimum Gasteiger partial charge on any atom is -0.459 e. The van der Waals surface area contributed by atoms with Crippen LogP contribution in [0, 0.1) is 6.92 Å². The molecular formula is C23H19N5O2. The molecular weight excluding hydrogens is 378 g/mol. The lowest BCUT2D eigenvalue weighted by Gasteiger charge is -2.24. The summed E-state index contributed by atoms with van der Waals surface area (Å²) in [6.45, 7) is 2.06. The largest absolute Gasteiger partial charge is 0.459 e. The van der Waals surface area contributed by atoms with Gasteiger partial charge in [0.1, 0.15) is 6.04 Å². The number of hydrogen-bond acceptors (Lipinski definition) is 5. The number of nitrogens with zero attached hydrogens (tertiary/aromatic N) is 3. The minimum absolute atomic E-state index is 0.168. The predicted octanol–water partition coefficient (Wildman–Crippen LogP) is 4.49. The smallest absolute Gasteiger partial charge is 0.293 e. The average molecular weight is 397 g/mol. The van der Waals surface area contributed by atoms with Crippen LogP contribution >= 0.6 is 0 Å². The molecule has 3 heterocycles. The number of hydrogen-bond donors (Lipinski definition) is 2. The number of anilines is 2. The zero-order valence-electron chi connectivity index (χ0n) is 16.2. The number of allylic oxidation sites excluding steroid dienone is 1. The molecule has 1 aliphatic rings. The highest BCUT2D eigenvalue weighted by molar-refractivity contribution is 6.01. The maximum absolute atomic E-state index is 12.3. The van der Waals surface area contributed by atoms with Crippen LogP contribution in [0.2, 0.25) is 0 Å². The molecule has 0 bridgehead atoms. The van der Waals surface area contributed by atoms with Crippen molar-refractivity contribution in [3.8, 4) is 0 Å². The summed E-state index contributed by atoms with van der Waals surface area (Å²) in [4.78, 5) is 16.8. The lowest BCUT2D eigenvalue weighted by Crippen LogP contribution is -2.20. The van der Waals surface area contributed by atoms with Crippen molar-refractivity contribution in [2.45, 2.75) is 13.0 Å². The second kappa shape index (κ2) is 7.36. The highest BCUT2D eigenvalue weighted by Gasteiger charge is 2.26. The first-order chi connectivity index (χ1) is 14.7. The fourth-order valence-electron chi connectivity index (χ4n) is 3.40. The van der Waals surface area contributed by atoms with E-state index in [0.717, 1.165) is 16.8 Å². The molecule has 2 aromatic heterocycles. The Balaban J connectivity index is 1.53. The average Bonchev–Trinajstić information content (AvgIpc) is 3.44. The number of aryl methyl sites for hydroxylation is 1. The van der Waals surface area contributed by atoms with E-state index in [0.29, 0.717) is 5.95 Å². The van der Waals surface area contributed by atoms with Gasteiger partial charge in [-0.1, -0.05) is 60.2 Å². The quantitative estimate of drug-likeness (QED) is 0.530. The molecule has 0 spiro atoms. The van der Waals surface area contributed by atoms with Crippen LogP contribution in [0.3, 0.4) is 0 Å². The molecule has 0 unspecified atom stereocenters. The van der Waals surface area contributed by atoms with Gasteiger partial charge in [0.25, 0.3) is 11.9 Å². The Labute approximate surface area is 173 Å². The van der Waals surface area contributed by atoms with Gasteiger partial charge >= 0.3 is 0 Å². The summed E-state index contributed by atoms with van der Waals surface area (Å²) in [5.74, 6) is 0.565. The van der Waals surface area contributed by atoms with Gasteiger partial charge in [-0.05, 0) is 36.3 Å². The van der Waals surface area contributed by atoms with Crippen molar-refractivity contribution in [2.24, 2.45) is 0 Å². The van der Waals surface area contributed by atoms with Gasteiger partial charge in [0, 0.05) is 5.70 Å². The van der Waals surface area contributed by atoms with Crippen LogP contribution in [0.5, 0.6) is 0 Å². The summed E-state index contributed by atoms with van der Waals surface area (Å²) in [7, 11) is 0. The van der Waals surface area contributed by atoms with Crippen molar-refractivity contribution < 1.29 is 9.21 Å².